The highest BCUT2D eigenvalue weighted by Gasteiger charge is 2.13. The van der Waals surface area contributed by atoms with Crippen molar-refractivity contribution >= 4 is 21.7 Å². The first-order valence-electron chi connectivity index (χ1n) is 5.96. The first kappa shape index (κ1) is 16.2. The van der Waals surface area contributed by atoms with E-state index in [2.05, 4.69) is 5.32 Å². The fourth-order valence-corrected chi connectivity index (χ4v) is 2.47. The first-order chi connectivity index (χ1) is 9.17. The monoisotopic (exact) mass is 299 g/mol. The van der Waals surface area contributed by atoms with Crippen LogP contribution in [-0.4, -0.2) is 37.7 Å². The van der Waals surface area contributed by atoms with Gasteiger partial charge in [0.25, 0.3) is 5.91 Å². The molecule has 0 aromatic heterocycles. The zero-order valence-corrected chi connectivity index (χ0v) is 12.1. The molecule has 2 N–H and O–H groups in total. The Hall–Kier alpha value is -1.89. The second-order valence-electron chi connectivity index (χ2n) is 4.74. The third-order valence-corrected chi connectivity index (χ3v) is 3.36. The lowest BCUT2D eigenvalue weighted by atomic mass is 10.1. The number of benzene rings is 1. The minimum absolute atomic E-state index is 0.0791. The predicted octanol–water partition coefficient (Wildman–Crippen LogP) is 0.824. The van der Waals surface area contributed by atoms with Crippen molar-refractivity contribution in [3.05, 3.63) is 35.4 Å². The van der Waals surface area contributed by atoms with Gasteiger partial charge in [0.05, 0.1) is 12.2 Å². The van der Waals surface area contributed by atoms with Crippen molar-refractivity contribution in [2.75, 3.05) is 6.26 Å². The molecule has 7 heteroatoms. The summed E-state index contributed by atoms with van der Waals surface area (Å²) >= 11 is 0. The lowest BCUT2D eigenvalue weighted by molar-refractivity contribution is -0.137. The summed E-state index contributed by atoms with van der Waals surface area (Å²) in [6.07, 6.45) is 0.985. The summed E-state index contributed by atoms with van der Waals surface area (Å²) in [5.41, 5.74) is 0.960. The Labute approximate surface area is 117 Å². The van der Waals surface area contributed by atoms with Crippen LogP contribution in [0.4, 0.5) is 0 Å². The van der Waals surface area contributed by atoms with E-state index in [0.717, 1.165) is 6.26 Å². The summed E-state index contributed by atoms with van der Waals surface area (Å²) in [6.45, 7) is 1.60. The zero-order chi connectivity index (χ0) is 15.3. The Bertz CT molecular complexity index is 592. The van der Waals surface area contributed by atoms with Gasteiger partial charge in [0.2, 0.25) is 0 Å². The van der Waals surface area contributed by atoms with Crippen molar-refractivity contribution in [1.29, 1.82) is 0 Å². The van der Waals surface area contributed by atoms with Gasteiger partial charge >= 0.3 is 5.97 Å². The quantitative estimate of drug-likeness (QED) is 0.810. The maximum Gasteiger partial charge on any atom is 0.305 e. The number of hydrogen-bond acceptors (Lipinski definition) is 4. The molecular formula is C13H17NO5S. The van der Waals surface area contributed by atoms with Crippen molar-refractivity contribution in [2.24, 2.45) is 0 Å². The molecule has 0 radical (unpaired) electrons. The highest BCUT2D eigenvalue weighted by Crippen LogP contribution is 2.08. The lowest BCUT2D eigenvalue weighted by Crippen LogP contribution is -2.34. The minimum Gasteiger partial charge on any atom is -0.481 e. The van der Waals surface area contributed by atoms with Gasteiger partial charge in [-0.15, -0.1) is 0 Å². The van der Waals surface area contributed by atoms with Gasteiger partial charge in [-0.3, -0.25) is 9.59 Å². The van der Waals surface area contributed by atoms with E-state index in [0.29, 0.717) is 11.1 Å². The third kappa shape index (κ3) is 5.83. The molecule has 0 fully saturated rings. The summed E-state index contributed by atoms with van der Waals surface area (Å²) in [4.78, 5) is 22.3. The van der Waals surface area contributed by atoms with Crippen LogP contribution in [0.25, 0.3) is 0 Å². The Morgan fingerprint density at radius 3 is 2.25 bits per heavy atom. The Kier molecular flexibility index (Phi) is 5.26. The Balaban J connectivity index is 2.68. The van der Waals surface area contributed by atoms with Crippen LogP contribution in [0.2, 0.25) is 0 Å². The predicted molar refractivity (Wildman–Crippen MR) is 74.2 cm³/mol. The van der Waals surface area contributed by atoms with Crippen LogP contribution in [-0.2, 0) is 20.4 Å². The molecule has 0 saturated heterocycles. The Morgan fingerprint density at radius 2 is 1.80 bits per heavy atom. The molecule has 0 spiro atoms. The maximum absolute atomic E-state index is 11.8. The normalized spacial score (nSPS) is 12.7. The van der Waals surface area contributed by atoms with Gasteiger partial charge in [-0.1, -0.05) is 12.1 Å². The fraction of sp³-hybridized carbons (Fsp3) is 0.385. The first-order valence-corrected chi connectivity index (χ1v) is 8.03. The fourth-order valence-electron chi connectivity index (χ4n) is 1.68. The summed E-state index contributed by atoms with van der Waals surface area (Å²) in [5, 5.41) is 11.2. The van der Waals surface area contributed by atoms with Crippen molar-refractivity contribution in [2.45, 2.75) is 25.1 Å². The Morgan fingerprint density at radius 1 is 1.25 bits per heavy atom. The van der Waals surface area contributed by atoms with Crippen molar-refractivity contribution in [1.82, 2.24) is 5.32 Å². The molecule has 6 nitrogen and oxygen atoms in total. The van der Waals surface area contributed by atoms with Crippen LogP contribution < -0.4 is 5.32 Å². The molecule has 110 valence electrons. The van der Waals surface area contributed by atoms with E-state index in [1.165, 1.54) is 12.1 Å². The van der Waals surface area contributed by atoms with Gasteiger partial charge in [-0.05, 0) is 24.6 Å². The number of sulfone groups is 1. The van der Waals surface area contributed by atoms with Crippen LogP contribution in [0.5, 0.6) is 0 Å². The number of carbonyl (C=O) groups excluding carboxylic acids is 1. The van der Waals surface area contributed by atoms with Gasteiger partial charge in [-0.25, -0.2) is 8.42 Å². The van der Waals surface area contributed by atoms with Crippen molar-refractivity contribution in [3.63, 3.8) is 0 Å². The molecule has 0 aliphatic rings. The van der Waals surface area contributed by atoms with Crippen LogP contribution in [0.1, 0.15) is 29.3 Å². The summed E-state index contributed by atoms with van der Waals surface area (Å²) in [6, 6.07) is 5.69. The molecule has 0 aliphatic carbocycles. The molecule has 0 aliphatic heterocycles. The van der Waals surface area contributed by atoms with E-state index < -0.39 is 21.8 Å². The number of carbonyl (C=O) groups is 2. The molecule has 1 aromatic rings. The molecule has 1 unspecified atom stereocenters. The maximum atomic E-state index is 11.8. The van der Waals surface area contributed by atoms with Gasteiger partial charge in [0.15, 0.2) is 9.84 Å². The SMILES string of the molecule is CC(CC(=O)O)NC(=O)c1ccc(CS(C)(=O)=O)cc1. The summed E-state index contributed by atoms with van der Waals surface area (Å²) in [5.74, 6) is -1.45. The van der Waals surface area contributed by atoms with E-state index in [4.69, 9.17) is 5.11 Å². The van der Waals surface area contributed by atoms with Gasteiger partial charge in [-0.2, -0.15) is 0 Å². The van der Waals surface area contributed by atoms with E-state index in [1.807, 2.05) is 0 Å². The molecule has 1 rings (SSSR count). The largest absolute Gasteiger partial charge is 0.481 e. The molecule has 1 aromatic carbocycles. The number of rotatable bonds is 6. The van der Waals surface area contributed by atoms with E-state index in [-0.39, 0.29) is 18.1 Å². The van der Waals surface area contributed by atoms with E-state index >= 15 is 0 Å². The number of aliphatic carboxylic acids is 1. The number of nitrogens with one attached hydrogen (secondary N) is 1. The zero-order valence-electron chi connectivity index (χ0n) is 11.3. The number of carboxylic acid groups (broad SMARTS) is 1. The van der Waals surface area contributed by atoms with Crippen LogP contribution in [0.3, 0.4) is 0 Å². The highest BCUT2D eigenvalue weighted by molar-refractivity contribution is 7.89. The molecule has 1 amide bonds. The second kappa shape index (κ2) is 6.51. The van der Waals surface area contributed by atoms with Crippen LogP contribution >= 0.6 is 0 Å². The summed E-state index contributed by atoms with van der Waals surface area (Å²) in [7, 11) is -3.11. The standard InChI is InChI=1S/C13H17NO5S/c1-9(7-12(15)16)14-13(17)11-5-3-10(4-6-11)8-20(2,18)19/h3-6,9H,7-8H2,1-2H3,(H,14,17)(H,15,16). The summed E-state index contributed by atoms with van der Waals surface area (Å²) < 4.78 is 22.3. The van der Waals surface area contributed by atoms with Gasteiger partial charge in [0, 0.05) is 17.9 Å². The highest BCUT2D eigenvalue weighted by atomic mass is 32.2. The minimum atomic E-state index is -3.11. The molecule has 0 heterocycles. The van der Waals surface area contributed by atoms with Crippen molar-refractivity contribution in [3.8, 4) is 0 Å². The van der Waals surface area contributed by atoms with Gasteiger partial charge in [0.1, 0.15) is 0 Å². The number of hydrogen-bond donors (Lipinski definition) is 2. The smallest absolute Gasteiger partial charge is 0.305 e. The number of amides is 1. The molecule has 0 bridgehead atoms. The lowest BCUT2D eigenvalue weighted by Gasteiger charge is -2.11. The van der Waals surface area contributed by atoms with Crippen LogP contribution in [0.15, 0.2) is 24.3 Å². The van der Waals surface area contributed by atoms with Crippen LogP contribution in [0, 0.1) is 0 Å². The van der Waals surface area contributed by atoms with E-state index in [9.17, 15) is 18.0 Å². The topological polar surface area (TPSA) is 101 Å². The third-order valence-electron chi connectivity index (χ3n) is 2.50. The molecule has 1 atom stereocenters. The van der Waals surface area contributed by atoms with E-state index in [1.54, 1.807) is 19.1 Å². The second-order valence-corrected chi connectivity index (χ2v) is 6.88. The average molecular weight is 299 g/mol. The van der Waals surface area contributed by atoms with Crippen molar-refractivity contribution < 1.29 is 23.1 Å². The number of carboxylic acids is 1. The average Bonchev–Trinajstić information content (AvgIpc) is 2.26. The molecule has 20 heavy (non-hydrogen) atoms. The molecule has 0 saturated carbocycles. The molecular weight excluding hydrogens is 282 g/mol. The van der Waals surface area contributed by atoms with Gasteiger partial charge < -0.3 is 10.4 Å².